The van der Waals surface area contributed by atoms with Crippen LogP contribution < -0.4 is 10.5 Å². The van der Waals surface area contributed by atoms with Crippen molar-refractivity contribution in [2.75, 3.05) is 12.3 Å². The van der Waals surface area contributed by atoms with Gasteiger partial charge in [-0.25, -0.2) is 13.6 Å². The third-order valence-electron chi connectivity index (χ3n) is 3.43. The van der Waals surface area contributed by atoms with E-state index in [0.717, 1.165) is 0 Å². The molecule has 1 aliphatic carbocycles. The summed E-state index contributed by atoms with van der Waals surface area (Å²) in [5.41, 5.74) is 0. The van der Waals surface area contributed by atoms with E-state index in [1.165, 1.54) is 0 Å². The molecule has 9 heteroatoms. The van der Waals surface area contributed by atoms with Crippen molar-refractivity contribution in [3.63, 3.8) is 0 Å². The molecule has 1 fully saturated rings. The highest BCUT2D eigenvalue weighted by atomic mass is 32.2. The maximum absolute atomic E-state index is 12.8. The fourth-order valence-electron chi connectivity index (χ4n) is 2.45. The topological polar surface area (TPSA) is 89.3 Å². The van der Waals surface area contributed by atoms with Crippen LogP contribution in [0.3, 0.4) is 0 Å². The number of primary sulfonamides is 1. The number of hydrogen-bond acceptors (Lipinski definition) is 3. The third-order valence-corrected chi connectivity index (χ3v) is 4.29. The van der Waals surface area contributed by atoms with Crippen LogP contribution in [0.5, 0.6) is 0 Å². The molecule has 0 heterocycles. The Hall–Kier alpha value is -0.830. The lowest BCUT2D eigenvalue weighted by Gasteiger charge is -2.31. The first-order valence-corrected chi connectivity index (χ1v) is 8.17. The molecule has 0 radical (unpaired) electrons. The second kappa shape index (κ2) is 6.75. The Morgan fingerprint density at radius 2 is 1.85 bits per heavy atom. The Morgan fingerprint density at radius 3 is 2.40 bits per heavy atom. The van der Waals surface area contributed by atoms with Gasteiger partial charge in [-0.3, -0.25) is 4.79 Å². The molecule has 1 rings (SSSR count). The summed E-state index contributed by atoms with van der Waals surface area (Å²) in [5.74, 6) is -3.63. The summed E-state index contributed by atoms with van der Waals surface area (Å²) in [4.78, 5) is 11.8. The van der Waals surface area contributed by atoms with Gasteiger partial charge in [0, 0.05) is 12.5 Å². The molecule has 0 spiro atoms. The summed E-state index contributed by atoms with van der Waals surface area (Å²) in [7, 11) is -3.61. The molecular weight excluding hydrogens is 297 g/mol. The van der Waals surface area contributed by atoms with Crippen molar-refractivity contribution in [2.24, 2.45) is 17.0 Å². The summed E-state index contributed by atoms with van der Waals surface area (Å²) >= 11 is 0. The molecule has 0 aromatic carbocycles. The standard InChI is InChI=1S/C11H19F3N2O3S/c12-11(13,14)9-5-2-1-4-8(9)10(17)16-6-3-7-20(15,18)19/h8-9H,1-7H2,(H,16,17)(H2,15,18,19). The minimum Gasteiger partial charge on any atom is -0.356 e. The maximum atomic E-state index is 12.8. The number of carbonyl (C=O) groups excluding carboxylic acids is 1. The molecule has 2 atom stereocenters. The summed E-state index contributed by atoms with van der Waals surface area (Å²) < 4.78 is 59.8. The van der Waals surface area contributed by atoms with Crippen LogP contribution in [0.1, 0.15) is 32.1 Å². The fourth-order valence-corrected chi connectivity index (χ4v) is 3.00. The number of sulfonamides is 1. The zero-order valence-electron chi connectivity index (χ0n) is 10.9. The first-order valence-electron chi connectivity index (χ1n) is 6.46. The summed E-state index contributed by atoms with van der Waals surface area (Å²) in [6, 6.07) is 0. The van der Waals surface area contributed by atoms with Crippen molar-refractivity contribution in [1.82, 2.24) is 5.32 Å². The van der Waals surface area contributed by atoms with Crippen molar-refractivity contribution in [2.45, 2.75) is 38.3 Å². The van der Waals surface area contributed by atoms with Crippen LogP contribution in [-0.2, 0) is 14.8 Å². The van der Waals surface area contributed by atoms with Crippen LogP contribution in [0.4, 0.5) is 13.2 Å². The molecule has 2 unspecified atom stereocenters. The number of hydrogen-bond donors (Lipinski definition) is 2. The minimum atomic E-state index is -4.37. The summed E-state index contributed by atoms with van der Waals surface area (Å²) in [6.07, 6.45) is -3.03. The van der Waals surface area contributed by atoms with E-state index in [4.69, 9.17) is 5.14 Å². The van der Waals surface area contributed by atoms with Gasteiger partial charge in [0.25, 0.3) is 0 Å². The number of halogens is 3. The molecule has 1 saturated carbocycles. The van der Waals surface area contributed by atoms with Gasteiger partial charge in [-0.2, -0.15) is 13.2 Å². The van der Waals surface area contributed by atoms with Gasteiger partial charge in [-0.05, 0) is 19.3 Å². The van der Waals surface area contributed by atoms with E-state index in [2.05, 4.69) is 5.32 Å². The van der Waals surface area contributed by atoms with E-state index >= 15 is 0 Å². The lowest BCUT2D eigenvalue weighted by atomic mass is 9.78. The van der Waals surface area contributed by atoms with E-state index in [1.54, 1.807) is 0 Å². The average Bonchev–Trinajstić information content (AvgIpc) is 2.32. The normalized spacial score (nSPS) is 24.4. The van der Waals surface area contributed by atoms with E-state index in [1.807, 2.05) is 0 Å². The molecule has 118 valence electrons. The van der Waals surface area contributed by atoms with Crippen molar-refractivity contribution in [3.05, 3.63) is 0 Å². The van der Waals surface area contributed by atoms with Gasteiger partial charge < -0.3 is 5.32 Å². The number of nitrogens with one attached hydrogen (secondary N) is 1. The zero-order chi connectivity index (χ0) is 15.4. The Kier molecular flexibility index (Phi) is 5.81. The van der Waals surface area contributed by atoms with Gasteiger partial charge in [0.05, 0.1) is 11.7 Å². The molecule has 1 aliphatic rings. The minimum absolute atomic E-state index is 0.0103. The van der Waals surface area contributed by atoms with Gasteiger partial charge >= 0.3 is 6.18 Å². The first-order chi connectivity index (χ1) is 9.11. The summed E-state index contributed by atoms with van der Waals surface area (Å²) in [6.45, 7) is 0.0103. The van der Waals surface area contributed by atoms with Crippen LogP contribution in [-0.4, -0.2) is 32.8 Å². The smallest absolute Gasteiger partial charge is 0.356 e. The highest BCUT2D eigenvalue weighted by Gasteiger charge is 2.47. The monoisotopic (exact) mass is 316 g/mol. The molecule has 3 N–H and O–H groups in total. The second-order valence-electron chi connectivity index (χ2n) is 5.05. The quantitative estimate of drug-likeness (QED) is 0.746. The van der Waals surface area contributed by atoms with Crippen molar-refractivity contribution < 1.29 is 26.4 Å². The van der Waals surface area contributed by atoms with Gasteiger partial charge in [-0.15, -0.1) is 0 Å². The Balaban J connectivity index is 2.48. The van der Waals surface area contributed by atoms with Gasteiger partial charge in [0.1, 0.15) is 0 Å². The highest BCUT2D eigenvalue weighted by molar-refractivity contribution is 7.89. The van der Waals surface area contributed by atoms with Gasteiger partial charge in [-0.1, -0.05) is 12.8 Å². The zero-order valence-corrected chi connectivity index (χ0v) is 11.8. The lowest BCUT2D eigenvalue weighted by molar-refractivity contribution is -0.198. The Bertz CT molecular complexity index is 437. The molecule has 0 aromatic heterocycles. The summed E-state index contributed by atoms with van der Waals surface area (Å²) in [5, 5.41) is 7.15. The predicted molar refractivity (Wildman–Crippen MR) is 67.1 cm³/mol. The van der Waals surface area contributed by atoms with Crippen LogP contribution >= 0.6 is 0 Å². The molecule has 0 bridgehead atoms. The molecule has 0 saturated heterocycles. The van der Waals surface area contributed by atoms with Crippen molar-refractivity contribution in [3.8, 4) is 0 Å². The first kappa shape index (κ1) is 17.2. The molecule has 0 aliphatic heterocycles. The number of alkyl halides is 3. The number of nitrogens with two attached hydrogens (primary N) is 1. The van der Waals surface area contributed by atoms with E-state index < -0.39 is 33.9 Å². The molecular formula is C11H19F3N2O3S. The average molecular weight is 316 g/mol. The molecule has 1 amide bonds. The largest absolute Gasteiger partial charge is 0.392 e. The SMILES string of the molecule is NS(=O)(=O)CCCNC(=O)C1CCCCC1C(F)(F)F. The van der Waals surface area contributed by atoms with E-state index in [0.29, 0.717) is 12.8 Å². The van der Waals surface area contributed by atoms with Crippen LogP contribution in [0, 0.1) is 11.8 Å². The second-order valence-corrected chi connectivity index (χ2v) is 6.78. The lowest BCUT2D eigenvalue weighted by Crippen LogP contribution is -2.43. The van der Waals surface area contributed by atoms with Crippen molar-refractivity contribution >= 4 is 15.9 Å². The highest BCUT2D eigenvalue weighted by Crippen LogP contribution is 2.41. The van der Waals surface area contributed by atoms with Crippen LogP contribution in [0.2, 0.25) is 0 Å². The van der Waals surface area contributed by atoms with Crippen LogP contribution in [0.15, 0.2) is 0 Å². The maximum Gasteiger partial charge on any atom is 0.392 e. The fraction of sp³-hybridized carbons (Fsp3) is 0.909. The van der Waals surface area contributed by atoms with E-state index in [9.17, 15) is 26.4 Å². The number of amides is 1. The van der Waals surface area contributed by atoms with Crippen LogP contribution in [0.25, 0.3) is 0 Å². The Morgan fingerprint density at radius 1 is 1.25 bits per heavy atom. The third kappa shape index (κ3) is 5.66. The predicted octanol–water partition coefficient (Wildman–Crippen LogP) is 1.15. The van der Waals surface area contributed by atoms with Gasteiger partial charge in [0.15, 0.2) is 0 Å². The van der Waals surface area contributed by atoms with Gasteiger partial charge in [0.2, 0.25) is 15.9 Å². The molecule has 0 aromatic rings. The molecule has 5 nitrogen and oxygen atoms in total. The Labute approximate surface area is 116 Å². The number of rotatable bonds is 5. The number of carbonyl (C=O) groups is 1. The van der Waals surface area contributed by atoms with E-state index in [-0.39, 0.29) is 31.6 Å². The van der Waals surface area contributed by atoms with Crippen molar-refractivity contribution in [1.29, 1.82) is 0 Å². The molecule has 20 heavy (non-hydrogen) atoms.